The first kappa shape index (κ1) is 16.5. The van der Waals surface area contributed by atoms with Crippen LogP contribution in [0.4, 0.5) is 17.6 Å². The van der Waals surface area contributed by atoms with Crippen molar-refractivity contribution in [2.75, 3.05) is 0 Å². The molecule has 0 fully saturated rings. The number of nitrogens with two attached hydrogens (primary N) is 1. The molecule has 0 saturated carbocycles. The van der Waals surface area contributed by atoms with Gasteiger partial charge in [0, 0.05) is 18.0 Å². The SMILES string of the molecule is Cl.N[C@H](CCC(F)(F)F)c1cccc(Cl)c1F. The van der Waals surface area contributed by atoms with Gasteiger partial charge in [-0.25, -0.2) is 4.39 Å². The minimum atomic E-state index is -4.29. The summed E-state index contributed by atoms with van der Waals surface area (Å²) in [6.07, 6.45) is -5.69. The van der Waals surface area contributed by atoms with Gasteiger partial charge in [-0.1, -0.05) is 23.7 Å². The highest BCUT2D eigenvalue weighted by atomic mass is 35.5. The van der Waals surface area contributed by atoms with Gasteiger partial charge in [0.1, 0.15) is 5.82 Å². The van der Waals surface area contributed by atoms with E-state index in [1.165, 1.54) is 18.2 Å². The lowest BCUT2D eigenvalue weighted by atomic mass is 10.0. The van der Waals surface area contributed by atoms with Crippen LogP contribution in [0.2, 0.25) is 5.02 Å². The molecule has 0 heterocycles. The van der Waals surface area contributed by atoms with Crippen molar-refractivity contribution < 1.29 is 17.6 Å². The average molecular weight is 292 g/mol. The fourth-order valence-corrected chi connectivity index (χ4v) is 1.46. The molecule has 2 N–H and O–H groups in total. The summed E-state index contributed by atoms with van der Waals surface area (Å²) in [5.41, 5.74) is 5.48. The molecule has 0 aliphatic heterocycles. The second-order valence-corrected chi connectivity index (χ2v) is 3.81. The Morgan fingerprint density at radius 2 is 1.88 bits per heavy atom. The largest absolute Gasteiger partial charge is 0.389 e. The van der Waals surface area contributed by atoms with Gasteiger partial charge in [-0.05, 0) is 12.5 Å². The molecule has 0 unspecified atom stereocenters. The Labute approximate surface area is 107 Å². The Kier molecular flexibility index (Phi) is 6.23. The zero-order chi connectivity index (χ0) is 12.3. The summed E-state index contributed by atoms with van der Waals surface area (Å²) in [6.45, 7) is 0. The monoisotopic (exact) mass is 291 g/mol. The van der Waals surface area contributed by atoms with Crippen molar-refractivity contribution in [3.05, 3.63) is 34.6 Å². The second kappa shape index (κ2) is 6.42. The van der Waals surface area contributed by atoms with Gasteiger partial charge in [0.15, 0.2) is 0 Å². The van der Waals surface area contributed by atoms with Crippen molar-refractivity contribution in [2.24, 2.45) is 5.73 Å². The van der Waals surface area contributed by atoms with Crippen molar-refractivity contribution in [3.8, 4) is 0 Å². The molecule has 0 bridgehead atoms. The van der Waals surface area contributed by atoms with E-state index in [4.69, 9.17) is 17.3 Å². The molecule has 1 aromatic rings. The third-order valence-electron chi connectivity index (χ3n) is 2.12. The van der Waals surface area contributed by atoms with Crippen molar-refractivity contribution >= 4 is 24.0 Å². The summed E-state index contributed by atoms with van der Waals surface area (Å²) >= 11 is 5.50. The molecule has 0 amide bonds. The van der Waals surface area contributed by atoms with Crippen LogP contribution < -0.4 is 5.73 Å². The molecule has 0 spiro atoms. The van der Waals surface area contributed by atoms with E-state index in [0.717, 1.165) is 0 Å². The number of hydrogen-bond acceptors (Lipinski definition) is 1. The molecule has 0 saturated heterocycles. The number of hydrogen-bond donors (Lipinski definition) is 1. The molecule has 7 heteroatoms. The molecule has 0 aromatic heterocycles. The topological polar surface area (TPSA) is 26.0 Å². The van der Waals surface area contributed by atoms with Gasteiger partial charge >= 0.3 is 6.18 Å². The highest BCUT2D eigenvalue weighted by Gasteiger charge is 2.28. The summed E-state index contributed by atoms with van der Waals surface area (Å²) < 4.78 is 49.2. The first-order chi connectivity index (χ1) is 7.31. The molecular formula is C10H11Cl2F4N. The smallest absolute Gasteiger partial charge is 0.324 e. The maximum atomic E-state index is 13.4. The number of alkyl halides is 3. The zero-order valence-corrected chi connectivity index (χ0v) is 10.2. The first-order valence-electron chi connectivity index (χ1n) is 4.57. The molecule has 0 radical (unpaired) electrons. The number of benzene rings is 1. The standard InChI is InChI=1S/C10H10ClF4N.ClH/c11-7-3-1-2-6(9(7)12)8(16)4-5-10(13,14)15;/h1-3,8H,4-5,16H2;1H/t8-;/m1./s1. The minimum Gasteiger partial charge on any atom is -0.324 e. The molecule has 0 aliphatic rings. The van der Waals surface area contributed by atoms with Crippen LogP contribution in [0.3, 0.4) is 0 Å². The van der Waals surface area contributed by atoms with Crippen LogP contribution in [0.15, 0.2) is 18.2 Å². The zero-order valence-electron chi connectivity index (χ0n) is 8.60. The average Bonchev–Trinajstić information content (AvgIpc) is 2.17. The third kappa shape index (κ3) is 5.10. The van der Waals surface area contributed by atoms with Gasteiger partial charge in [0.2, 0.25) is 0 Å². The van der Waals surface area contributed by atoms with E-state index < -0.39 is 24.5 Å². The Balaban J connectivity index is 0.00000256. The molecule has 0 aliphatic carbocycles. The van der Waals surface area contributed by atoms with E-state index in [1.807, 2.05) is 0 Å². The van der Waals surface area contributed by atoms with Crippen molar-refractivity contribution in [2.45, 2.75) is 25.1 Å². The molecule has 1 rings (SSSR count). The molecule has 1 nitrogen and oxygen atoms in total. The van der Waals surface area contributed by atoms with Gasteiger partial charge in [0.05, 0.1) is 5.02 Å². The first-order valence-corrected chi connectivity index (χ1v) is 4.95. The quantitative estimate of drug-likeness (QED) is 0.828. The Bertz CT molecular complexity index is 368. The summed E-state index contributed by atoms with van der Waals surface area (Å²) in [4.78, 5) is 0. The highest BCUT2D eigenvalue weighted by Crippen LogP contribution is 2.29. The molecule has 17 heavy (non-hydrogen) atoms. The van der Waals surface area contributed by atoms with Crippen LogP contribution >= 0.6 is 24.0 Å². The van der Waals surface area contributed by atoms with E-state index >= 15 is 0 Å². The van der Waals surface area contributed by atoms with Crippen LogP contribution in [-0.2, 0) is 0 Å². The van der Waals surface area contributed by atoms with Crippen LogP contribution in [0.1, 0.15) is 24.4 Å². The fourth-order valence-electron chi connectivity index (χ4n) is 1.28. The lowest BCUT2D eigenvalue weighted by molar-refractivity contribution is -0.136. The van der Waals surface area contributed by atoms with Crippen LogP contribution in [0, 0.1) is 5.82 Å². The molecule has 1 atom stereocenters. The van der Waals surface area contributed by atoms with Gasteiger partial charge in [-0.3, -0.25) is 0 Å². The van der Waals surface area contributed by atoms with Gasteiger partial charge in [-0.2, -0.15) is 13.2 Å². The van der Waals surface area contributed by atoms with Crippen molar-refractivity contribution in [1.29, 1.82) is 0 Å². The second-order valence-electron chi connectivity index (χ2n) is 3.40. The van der Waals surface area contributed by atoms with E-state index in [-0.39, 0.29) is 29.4 Å². The van der Waals surface area contributed by atoms with E-state index in [1.54, 1.807) is 0 Å². The summed E-state index contributed by atoms with van der Waals surface area (Å²) in [5.74, 6) is -0.751. The Morgan fingerprint density at radius 3 is 2.41 bits per heavy atom. The predicted molar refractivity (Wildman–Crippen MR) is 60.9 cm³/mol. The van der Waals surface area contributed by atoms with Crippen molar-refractivity contribution in [3.63, 3.8) is 0 Å². The lowest BCUT2D eigenvalue weighted by Crippen LogP contribution is -2.17. The van der Waals surface area contributed by atoms with Crippen molar-refractivity contribution in [1.82, 2.24) is 0 Å². The highest BCUT2D eigenvalue weighted by molar-refractivity contribution is 6.30. The lowest BCUT2D eigenvalue weighted by Gasteiger charge is -2.14. The van der Waals surface area contributed by atoms with Gasteiger partial charge < -0.3 is 5.73 Å². The minimum absolute atomic E-state index is 0. The molecule has 1 aromatic carbocycles. The van der Waals surface area contributed by atoms with Crippen LogP contribution in [0.5, 0.6) is 0 Å². The molecular weight excluding hydrogens is 281 g/mol. The van der Waals surface area contributed by atoms with Gasteiger partial charge in [0.25, 0.3) is 0 Å². The summed E-state index contributed by atoms with van der Waals surface area (Å²) in [6, 6.07) is 3.10. The summed E-state index contributed by atoms with van der Waals surface area (Å²) in [7, 11) is 0. The van der Waals surface area contributed by atoms with E-state index in [2.05, 4.69) is 0 Å². The van der Waals surface area contributed by atoms with E-state index in [9.17, 15) is 17.6 Å². The Hall–Kier alpha value is -0.520. The van der Waals surface area contributed by atoms with Crippen LogP contribution in [-0.4, -0.2) is 6.18 Å². The number of rotatable bonds is 3. The maximum Gasteiger partial charge on any atom is 0.389 e. The normalized spacial score (nSPS) is 13.1. The summed E-state index contributed by atoms with van der Waals surface area (Å²) in [5, 5.41) is -0.139. The maximum absolute atomic E-state index is 13.4. The third-order valence-corrected chi connectivity index (χ3v) is 2.41. The predicted octanol–water partition coefficient (Wildman–Crippen LogP) is 4.24. The van der Waals surface area contributed by atoms with E-state index in [0.29, 0.717) is 0 Å². The molecule has 98 valence electrons. The van der Waals surface area contributed by atoms with Crippen LogP contribution in [0.25, 0.3) is 0 Å². The Morgan fingerprint density at radius 1 is 1.29 bits per heavy atom. The van der Waals surface area contributed by atoms with Gasteiger partial charge in [-0.15, -0.1) is 12.4 Å². The number of halogens is 6. The fraction of sp³-hybridized carbons (Fsp3) is 0.400.